The van der Waals surface area contributed by atoms with Gasteiger partial charge in [-0.15, -0.1) is 0 Å². The molecule has 2 atom stereocenters. The van der Waals surface area contributed by atoms with Crippen molar-refractivity contribution < 1.29 is 24.2 Å². The maximum atomic E-state index is 11.5. The molecular formula is C12H23N3O5. The maximum absolute atomic E-state index is 11.5. The summed E-state index contributed by atoms with van der Waals surface area (Å²) in [5.74, 6) is -1.67. The Morgan fingerprint density at radius 2 is 1.90 bits per heavy atom. The minimum atomic E-state index is -1.10. The Kier molecular flexibility index (Phi) is 9.10. The van der Waals surface area contributed by atoms with Crippen LogP contribution in [0.15, 0.2) is 0 Å². The van der Waals surface area contributed by atoms with E-state index in [9.17, 15) is 14.4 Å². The molecule has 0 aliphatic carbocycles. The van der Waals surface area contributed by atoms with Gasteiger partial charge in [0.2, 0.25) is 5.91 Å². The molecule has 0 rings (SSSR count). The number of carboxylic acid groups (broad SMARTS) is 1. The highest BCUT2D eigenvalue weighted by atomic mass is 16.5. The Morgan fingerprint density at radius 3 is 2.40 bits per heavy atom. The summed E-state index contributed by atoms with van der Waals surface area (Å²) >= 11 is 0. The van der Waals surface area contributed by atoms with Crippen LogP contribution >= 0.6 is 0 Å². The summed E-state index contributed by atoms with van der Waals surface area (Å²) in [6.07, 6.45) is 0.620. The van der Waals surface area contributed by atoms with Crippen LogP contribution in [0.4, 0.5) is 4.79 Å². The lowest BCUT2D eigenvalue weighted by molar-refractivity contribution is -0.140. The average Bonchev–Trinajstić information content (AvgIpc) is 2.41. The van der Waals surface area contributed by atoms with Crippen molar-refractivity contribution >= 4 is 17.9 Å². The van der Waals surface area contributed by atoms with Gasteiger partial charge in [0.25, 0.3) is 0 Å². The standard InChI is InChI=1S/C12H23N3O5/c1-4-8(2)10(11(17)18)15-12(19)14-7-9(16)13-5-6-20-3/h8,10H,4-7H2,1-3H3,(H,13,16)(H,17,18)(H2,14,15,19)/t8?,10-/m0/s1. The molecule has 0 heterocycles. The van der Waals surface area contributed by atoms with Crippen molar-refractivity contribution in [3.63, 3.8) is 0 Å². The van der Waals surface area contributed by atoms with E-state index in [4.69, 9.17) is 9.84 Å². The number of carbonyl (C=O) groups excluding carboxylic acids is 2. The summed E-state index contributed by atoms with van der Waals surface area (Å²) in [6.45, 7) is 4.08. The number of carbonyl (C=O) groups is 3. The molecule has 0 aromatic rings. The van der Waals surface area contributed by atoms with Gasteiger partial charge in [0, 0.05) is 13.7 Å². The first-order valence-corrected chi connectivity index (χ1v) is 6.45. The molecule has 0 saturated carbocycles. The van der Waals surface area contributed by atoms with E-state index in [1.165, 1.54) is 7.11 Å². The molecule has 4 N–H and O–H groups in total. The largest absolute Gasteiger partial charge is 0.480 e. The molecule has 0 saturated heterocycles. The van der Waals surface area contributed by atoms with E-state index >= 15 is 0 Å². The molecule has 116 valence electrons. The molecule has 8 nitrogen and oxygen atoms in total. The predicted molar refractivity (Wildman–Crippen MR) is 72.3 cm³/mol. The summed E-state index contributed by atoms with van der Waals surface area (Å²) in [4.78, 5) is 33.8. The van der Waals surface area contributed by atoms with E-state index in [1.807, 2.05) is 6.92 Å². The second-order valence-electron chi connectivity index (χ2n) is 4.37. The molecule has 0 spiro atoms. The van der Waals surface area contributed by atoms with E-state index in [0.29, 0.717) is 19.6 Å². The Balaban J connectivity index is 4.08. The minimum Gasteiger partial charge on any atom is -0.480 e. The zero-order chi connectivity index (χ0) is 15.5. The highest BCUT2D eigenvalue weighted by molar-refractivity contribution is 5.86. The molecule has 0 aromatic heterocycles. The average molecular weight is 289 g/mol. The molecule has 0 aliphatic heterocycles. The van der Waals surface area contributed by atoms with Crippen LogP contribution in [0.25, 0.3) is 0 Å². The topological polar surface area (TPSA) is 117 Å². The third-order valence-corrected chi connectivity index (χ3v) is 2.80. The van der Waals surface area contributed by atoms with Crippen molar-refractivity contribution in [3.05, 3.63) is 0 Å². The summed E-state index contributed by atoms with van der Waals surface area (Å²) < 4.78 is 4.76. The van der Waals surface area contributed by atoms with E-state index in [1.54, 1.807) is 6.92 Å². The summed E-state index contributed by atoms with van der Waals surface area (Å²) in [7, 11) is 1.51. The van der Waals surface area contributed by atoms with Crippen molar-refractivity contribution in [2.24, 2.45) is 5.92 Å². The number of hydrogen-bond donors (Lipinski definition) is 4. The first kappa shape index (κ1) is 18.2. The Morgan fingerprint density at radius 1 is 1.25 bits per heavy atom. The SMILES string of the molecule is CCC(C)[C@H](NC(=O)NCC(=O)NCCOC)C(=O)O. The molecule has 0 bridgehead atoms. The van der Waals surface area contributed by atoms with Crippen molar-refractivity contribution in [1.82, 2.24) is 16.0 Å². The third-order valence-electron chi connectivity index (χ3n) is 2.80. The second-order valence-corrected chi connectivity index (χ2v) is 4.37. The number of aliphatic carboxylic acids is 1. The maximum Gasteiger partial charge on any atom is 0.326 e. The first-order valence-electron chi connectivity index (χ1n) is 6.45. The molecule has 8 heteroatoms. The van der Waals surface area contributed by atoms with E-state index < -0.39 is 18.0 Å². The van der Waals surface area contributed by atoms with Crippen LogP contribution in [0.5, 0.6) is 0 Å². The summed E-state index contributed by atoms with van der Waals surface area (Å²) in [5, 5.41) is 16.2. The normalized spacial score (nSPS) is 13.2. The van der Waals surface area contributed by atoms with Crippen molar-refractivity contribution in [2.45, 2.75) is 26.3 Å². The van der Waals surface area contributed by atoms with Crippen molar-refractivity contribution in [2.75, 3.05) is 26.8 Å². The second kappa shape index (κ2) is 10.0. The van der Waals surface area contributed by atoms with Gasteiger partial charge in [-0.3, -0.25) is 4.79 Å². The molecule has 0 fully saturated rings. The van der Waals surface area contributed by atoms with Gasteiger partial charge in [-0.05, 0) is 5.92 Å². The number of nitrogens with one attached hydrogen (secondary N) is 3. The van der Waals surface area contributed by atoms with Crippen LogP contribution in [0.2, 0.25) is 0 Å². The molecular weight excluding hydrogens is 266 g/mol. The molecule has 3 amide bonds. The molecule has 0 radical (unpaired) electrons. The zero-order valence-electron chi connectivity index (χ0n) is 12.1. The first-order chi connectivity index (χ1) is 9.42. The lowest BCUT2D eigenvalue weighted by Gasteiger charge is -2.20. The third kappa shape index (κ3) is 7.57. The fourth-order valence-corrected chi connectivity index (χ4v) is 1.39. The summed E-state index contributed by atoms with van der Waals surface area (Å²) in [6, 6.07) is -1.66. The van der Waals surface area contributed by atoms with Gasteiger partial charge in [0.05, 0.1) is 13.2 Å². The van der Waals surface area contributed by atoms with Gasteiger partial charge < -0.3 is 25.8 Å². The van der Waals surface area contributed by atoms with Gasteiger partial charge >= 0.3 is 12.0 Å². The lowest BCUT2D eigenvalue weighted by atomic mass is 9.99. The highest BCUT2D eigenvalue weighted by Crippen LogP contribution is 2.07. The van der Waals surface area contributed by atoms with Gasteiger partial charge in [0.15, 0.2) is 0 Å². The number of methoxy groups -OCH3 is 1. The molecule has 0 aromatic carbocycles. The monoisotopic (exact) mass is 289 g/mol. The quantitative estimate of drug-likeness (QED) is 0.429. The zero-order valence-corrected chi connectivity index (χ0v) is 12.1. The number of carboxylic acids is 1. The van der Waals surface area contributed by atoms with E-state index in [0.717, 1.165) is 0 Å². The van der Waals surface area contributed by atoms with E-state index in [-0.39, 0.29) is 18.4 Å². The minimum absolute atomic E-state index is 0.200. The molecule has 0 aliphatic rings. The molecule has 20 heavy (non-hydrogen) atoms. The predicted octanol–water partition coefficient (Wildman–Crippen LogP) is -0.452. The van der Waals surface area contributed by atoms with E-state index in [2.05, 4.69) is 16.0 Å². The van der Waals surface area contributed by atoms with Crippen molar-refractivity contribution in [1.29, 1.82) is 0 Å². The Labute approximate surface area is 118 Å². The van der Waals surface area contributed by atoms with Crippen LogP contribution in [0.1, 0.15) is 20.3 Å². The van der Waals surface area contributed by atoms with Crippen LogP contribution in [-0.4, -0.2) is 55.9 Å². The number of hydrogen-bond acceptors (Lipinski definition) is 4. The summed E-state index contributed by atoms with van der Waals surface area (Å²) in [5.41, 5.74) is 0. The van der Waals surface area contributed by atoms with Gasteiger partial charge in [-0.25, -0.2) is 9.59 Å². The molecule has 1 unspecified atom stereocenters. The highest BCUT2D eigenvalue weighted by Gasteiger charge is 2.25. The van der Waals surface area contributed by atoms with Crippen LogP contribution in [0, 0.1) is 5.92 Å². The smallest absolute Gasteiger partial charge is 0.326 e. The number of ether oxygens (including phenoxy) is 1. The fraction of sp³-hybridized carbons (Fsp3) is 0.750. The van der Waals surface area contributed by atoms with Gasteiger partial charge in [0.1, 0.15) is 6.04 Å². The van der Waals surface area contributed by atoms with Crippen LogP contribution in [0.3, 0.4) is 0 Å². The van der Waals surface area contributed by atoms with Gasteiger partial charge in [-0.2, -0.15) is 0 Å². The Hall–Kier alpha value is -1.83. The van der Waals surface area contributed by atoms with Crippen LogP contribution in [-0.2, 0) is 14.3 Å². The van der Waals surface area contributed by atoms with Crippen molar-refractivity contribution in [3.8, 4) is 0 Å². The Bertz CT molecular complexity index is 335. The van der Waals surface area contributed by atoms with Crippen LogP contribution < -0.4 is 16.0 Å². The lowest BCUT2D eigenvalue weighted by Crippen LogP contribution is -2.50. The number of rotatable bonds is 9. The number of urea groups is 1. The fourth-order valence-electron chi connectivity index (χ4n) is 1.39. The van der Waals surface area contributed by atoms with Gasteiger partial charge in [-0.1, -0.05) is 20.3 Å². The number of amides is 3.